The molecule has 0 aromatic heterocycles. The summed E-state index contributed by atoms with van der Waals surface area (Å²) in [4.78, 5) is 10.7. The molecule has 0 bridgehead atoms. The average molecular weight is 306 g/mol. The van der Waals surface area contributed by atoms with Gasteiger partial charge >= 0.3 is 18.0 Å². The van der Waals surface area contributed by atoms with E-state index in [1.165, 1.54) is 0 Å². The van der Waals surface area contributed by atoms with Crippen LogP contribution in [0.5, 0.6) is 0 Å². The van der Waals surface area contributed by atoms with E-state index in [0.29, 0.717) is 12.2 Å². The maximum atomic E-state index is 11.5. The molecular formula is C12H16F6O2. The summed E-state index contributed by atoms with van der Waals surface area (Å²) in [6.07, 6.45) is -1.22. The average Bonchev–Trinajstić information content (AvgIpc) is 2.38. The second-order valence-electron chi connectivity index (χ2n) is 3.68. The number of hydrogen-bond acceptors (Lipinski definition) is 2. The quantitative estimate of drug-likeness (QED) is 0.311. The van der Waals surface area contributed by atoms with Gasteiger partial charge in [-0.25, -0.2) is 9.18 Å². The molecule has 0 aliphatic heterocycles. The third kappa shape index (κ3) is 9.46. The van der Waals surface area contributed by atoms with E-state index in [1.54, 1.807) is 6.92 Å². The van der Waals surface area contributed by atoms with Gasteiger partial charge in [0.05, 0.1) is 6.61 Å². The van der Waals surface area contributed by atoms with Gasteiger partial charge in [-0.05, 0) is 13.3 Å². The lowest BCUT2D eigenvalue weighted by Crippen LogP contribution is -2.19. The number of allylic oxidation sites excluding steroid dienone is 1. The minimum atomic E-state index is -4.68. The van der Waals surface area contributed by atoms with Crippen LogP contribution < -0.4 is 0 Å². The molecule has 0 fully saturated rings. The topological polar surface area (TPSA) is 26.3 Å². The molecule has 0 aromatic rings. The van der Waals surface area contributed by atoms with Gasteiger partial charge in [-0.1, -0.05) is 19.9 Å². The number of unbranched alkanes of at least 4 members (excludes halogenated alkanes) is 1. The molecule has 0 amide bonds. The number of hydrogen-bond donors (Lipinski definition) is 0. The van der Waals surface area contributed by atoms with E-state index in [2.05, 4.69) is 13.5 Å². The normalized spacial score (nSPS) is 10.2. The molecule has 20 heavy (non-hydrogen) atoms. The van der Waals surface area contributed by atoms with E-state index in [4.69, 9.17) is 4.74 Å². The summed E-state index contributed by atoms with van der Waals surface area (Å²) in [5.41, 5.74) is 0.469. The van der Waals surface area contributed by atoms with E-state index in [1.807, 2.05) is 0 Å². The number of carbonyl (C=O) groups is 1. The molecule has 0 radical (unpaired) electrons. The zero-order valence-electron chi connectivity index (χ0n) is 11.1. The van der Waals surface area contributed by atoms with Crippen LogP contribution in [0, 0.1) is 0 Å². The first kappa shape index (κ1) is 20.8. The Balaban J connectivity index is 0. The van der Waals surface area contributed by atoms with Gasteiger partial charge in [-0.3, -0.25) is 0 Å². The Morgan fingerprint density at radius 1 is 1.25 bits per heavy atom. The van der Waals surface area contributed by atoms with Gasteiger partial charge in [0.15, 0.2) is 6.67 Å². The van der Waals surface area contributed by atoms with Crippen molar-refractivity contribution >= 4 is 5.97 Å². The molecule has 0 unspecified atom stereocenters. The predicted molar refractivity (Wildman–Crippen MR) is 62.0 cm³/mol. The van der Waals surface area contributed by atoms with Crippen LogP contribution >= 0.6 is 0 Å². The summed E-state index contributed by atoms with van der Waals surface area (Å²) >= 11 is 0. The minimum absolute atomic E-state index is 0.284. The maximum Gasteiger partial charge on any atom is 0.333 e. The van der Waals surface area contributed by atoms with Crippen LogP contribution in [0.15, 0.2) is 24.1 Å². The van der Waals surface area contributed by atoms with E-state index < -0.39 is 24.5 Å². The second-order valence-corrected chi connectivity index (χ2v) is 3.68. The van der Waals surface area contributed by atoms with Crippen molar-refractivity contribution in [1.82, 2.24) is 0 Å². The van der Waals surface area contributed by atoms with Gasteiger partial charge < -0.3 is 4.74 Å². The monoisotopic (exact) mass is 306 g/mol. The van der Waals surface area contributed by atoms with Crippen molar-refractivity contribution in [1.29, 1.82) is 0 Å². The summed E-state index contributed by atoms with van der Waals surface area (Å²) in [6.45, 7) is 5.21. The van der Waals surface area contributed by atoms with Gasteiger partial charge in [0.1, 0.15) is 0 Å². The minimum Gasteiger partial charge on any atom is -0.462 e. The molecule has 0 N–H and O–H groups in total. The highest BCUT2D eigenvalue weighted by atomic mass is 19.3. The number of alkyl halides is 3. The van der Waals surface area contributed by atoms with Crippen molar-refractivity contribution in [3.8, 4) is 0 Å². The molecule has 0 spiro atoms. The number of esters is 1. The molecule has 2 nitrogen and oxygen atoms in total. The molecule has 0 atom stereocenters. The lowest BCUT2D eigenvalue weighted by atomic mass is 10.3. The van der Waals surface area contributed by atoms with Gasteiger partial charge in [0.2, 0.25) is 5.83 Å². The fourth-order valence-electron chi connectivity index (χ4n) is 0.629. The smallest absolute Gasteiger partial charge is 0.333 e. The first-order chi connectivity index (χ1) is 9.10. The summed E-state index contributed by atoms with van der Waals surface area (Å²) in [6, 6.07) is 0. The van der Waals surface area contributed by atoms with Crippen molar-refractivity contribution < 1.29 is 35.9 Å². The Morgan fingerprint density at radius 3 is 2.00 bits per heavy atom. The molecule has 0 aromatic carbocycles. The second kappa shape index (κ2) is 10.3. The van der Waals surface area contributed by atoms with Crippen LogP contribution in [0.1, 0.15) is 26.7 Å². The summed E-state index contributed by atoms with van der Waals surface area (Å²) < 4.78 is 72.2. The van der Waals surface area contributed by atoms with Gasteiger partial charge in [0.25, 0.3) is 0 Å². The summed E-state index contributed by atoms with van der Waals surface area (Å²) in [5, 5.41) is 0. The van der Waals surface area contributed by atoms with Crippen LogP contribution in [-0.4, -0.2) is 25.2 Å². The molecular weight excluding hydrogens is 290 g/mol. The molecule has 0 saturated heterocycles. The van der Waals surface area contributed by atoms with Crippen LogP contribution in [0.25, 0.3) is 0 Å². The van der Waals surface area contributed by atoms with Crippen LogP contribution in [0.2, 0.25) is 0 Å². The number of rotatable bonds is 6. The van der Waals surface area contributed by atoms with Gasteiger partial charge in [0, 0.05) is 5.57 Å². The van der Waals surface area contributed by atoms with Crippen molar-refractivity contribution in [3.05, 3.63) is 24.1 Å². The fraction of sp³-hybridized carbons (Fsp3) is 0.583. The largest absolute Gasteiger partial charge is 0.462 e. The Bertz CT molecular complexity index is 348. The van der Waals surface area contributed by atoms with Crippen LogP contribution in [-0.2, 0) is 9.53 Å². The molecule has 0 saturated carbocycles. The number of ether oxygens (including phenoxy) is 1. The fourth-order valence-corrected chi connectivity index (χ4v) is 0.629. The molecule has 0 heterocycles. The first-order valence-electron chi connectivity index (χ1n) is 5.57. The van der Waals surface area contributed by atoms with Crippen molar-refractivity contribution in [2.75, 3.05) is 13.3 Å². The maximum absolute atomic E-state index is 11.5. The highest BCUT2D eigenvalue weighted by molar-refractivity contribution is 5.86. The van der Waals surface area contributed by atoms with Gasteiger partial charge in [-0.2, -0.15) is 22.0 Å². The highest BCUT2D eigenvalue weighted by Crippen LogP contribution is 2.29. The molecule has 8 heteroatoms. The van der Waals surface area contributed by atoms with Gasteiger partial charge in [-0.15, -0.1) is 0 Å². The van der Waals surface area contributed by atoms with Crippen LogP contribution in [0.4, 0.5) is 26.3 Å². The zero-order valence-corrected chi connectivity index (χ0v) is 11.1. The van der Waals surface area contributed by atoms with E-state index in [-0.39, 0.29) is 5.97 Å². The summed E-state index contributed by atoms with van der Waals surface area (Å²) in [5.74, 6) is -7.97. The Morgan fingerprint density at radius 2 is 1.75 bits per heavy atom. The molecule has 0 aliphatic carbocycles. The SMILES string of the molecule is C=C(C)C(=O)OCCCC.FCC(F)(F)C(F)=C(F)F. The van der Waals surface area contributed by atoms with E-state index in [9.17, 15) is 31.1 Å². The standard InChI is InChI=1S/C8H14O2.C4H2F6/c1-4-5-6-10-8(9)7(2)3;5-1-4(9,10)2(6)3(7)8/h2,4-6H2,1,3H3;1H2. The van der Waals surface area contributed by atoms with E-state index >= 15 is 0 Å². The van der Waals surface area contributed by atoms with E-state index in [0.717, 1.165) is 12.8 Å². The molecule has 118 valence electrons. The number of halogens is 6. The lowest BCUT2D eigenvalue weighted by Gasteiger charge is -2.06. The summed E-state index contributed by atoms with van der Waals surface area (Å²) in [7, 11) is 0. The predicted octanol–water partition coefficient (Wildman–Crippen LogP) is 4.57. The number of carbonyl (C=O) groups excluding carboxylic acids is 1. The Labute approximate surface area is 113 Å². The van der Waals surface area contributed by atoms with Crippen molar-refractivity contribution in [2.45, 2.75) is 32.6 Å². The molecule has 0 rings (SSSR count). The lowest BCUT2D eigenvalue weighted by molar-refractivity contribution is -0.139. The Hall–Kier alpha value is -1.47. The molecule has 0 aliphatic rings. The first-order valence-corrected chi connectivity index (χ1v) is 5.57. The zero-order chi connectivity index (χ0) is 16.3. The van der Waals surface area contributed by atoms with Crippen molar-refractivity contribution in [2.24, 2.45) is 0 Å². The van der Waals surface area contributed by atoms with Crippen molar-refractivity contribution in [3.63, 3.8) is 0 Å². The highest BCUT2D eigenvalue weighted by Gasteiger charge is 2.39. The third-order valence-electron chi connectivity index (χ3n) is 1.73. The third-order valence-corrected chi connectivity index (χ3v) is 1.73. The van der Waals surface area contributed by atoms with Crippen LogP contribution in [0.3, 0.4) is 0 Å². The Kier molecular flexibility index (Phi) is 10.8.